The molecule has 0 saturated carbocycles. The summed E-state index contributed by atoms with van der Waals surface area (Å²) in [5.41, 5.74) is 3.20. The van der Waals surface area contributed by atoms with Crippen LogP contribution in [0.15, 0.2) is 34.2 Å². The molecule has 0 aliphatic heterocycles. The van der Waals surface area contributed by atoms with Crippen molar-refractivity contribution in [1.82, 2.24) is 9.97 Å². The van der Waals surface area contributed by atoms with Gasteiger partial charge in [-0.25, -0.2) is 4.98 Å². The van der Waals surface area contributed by atoms with E-state index in [-0.39, 0.29) is 16.6 Å². The number of Topliss-reactive ketones (excluding diaryl/α,β-unsaturated/α-hetero) is 1. The SMILES string of the molecule is Cc1ccc(C)c(C(=O)C(C)Sc2nc(C)cc(=O)[nH]2)c1. The van der Waals surface area contributed by atoms with Gasteiger partial charge in [0.15, 0.2) is 10.9 Å². The Morgan fingerprint density at radius 3 is 2.62 bits per heavy atom. The molecule has 0 aliphatic rings. The van der Waals surface area contributed by atoms with Crippen LogP contribution in [0.2, 0.25) is 0 Å². The molecule has 1 unspecified atom stereocenters. The van der Waals surface area contributed by atoms with E-state index in [1.54, 1.807) is 6.92 Å². The van der Waals surface area contributed by atoms with Crippen LogP contribution in [0.25, 0.3) is 0 Å². The molecule has 0 radical (unpaired) electrons. The van der Waals surface area contributed by atoms with Crippen molar-refractivity contribution in [3.63, 3.8) is 0 Å². The minimum atomic E-state index is -0.310. The molecule has 1 N–H and O–H groups in total. The highest BCUT2D eigenvalue weighted by molar-refractivity contribution is 8.00. The Labute approximate surface area is 128 Å². The van der Waals surface area contributed by atoms with E-state index in [9.17, 15) is 9.59 Å². The van der Waals surface area contributed by atoms with Crippen molar-refractivity contribution >= 4 is 17.5 Å². The van der Waals surface area contributed by atoms with Crippen molar-refractivity contribution < 1.29 is 4.79 Å². The number of benzene rings is 1. The fourth-order valence-corrected chi connectivity index (χ4v) is 2.97. The Morgan fingerprint density at radius 1 is 1.24 bits per heavy atom. The Morgan fingerprint density at radius 2 is 1.95 bits per heavy atom. The van der Waals surface area contributed by atoms with Gasteiger partial charge < -0.3 is 4.98 Å². The lowest BCUT2D eigenvalue weighted by molar-refractivity contribution is 0.0993. The summed E-state index contributed by atoms with van der Waals surface area (Å²) >= 11 is 1.27. The lowest BCUT2D eigenvalue weighted by atomic mass is 10.0. The Bertz CT molecular complexity index is 737. The largest absolute Gasteiger partial charge is 0.301 e. The number of aromatic amines is 1. The number of hydrogen-bond donors (Lipinski definition) is 1. The predicted octanol–water partition coefficient (Wildman–Crippen LogP) is 3.06. The molecular formula is C16H18N2O2S. The van der Waals surface area contributed by atoms with Crippen molar-refractivity contribution in [2.45, 2.75) is 38.1 Å². The van der Waals surface area contributed by atoms with Gasteiger partial charge in [-0.3, -0.25) is 9.59 Å². The van der Waals surface area contributed by atoms with Crippen LogP contribution in [0.4, 0.5) is 0 Å². The van der Waals surface area contributed by atoms with E-state index in [0.29, 0.717) is 10.9 Å². The average molecular weight is 302 g/mol. The van der Waals surface area contributed by atoms with Crippen LogP contribution in [0.5, 0.6) is 0 Å². The van der Waals surface area contributed by atoms with Crippen molar-refractivity contribution in [3.05, 3.63) is 57.0 Å². The number of aromatic nitrogens is 2. The smallest absolute Gasteiger partial charge is 0.251 e. The first-order valence-electron chi connectivity index (χ1n) is 6.73. The van der Waals surface area contributed by atoms with E-state index in [2.05, 4.69) is 9.97 Å². The normalized spacial score (nSPS) is 12.2. The highest BCUT2D eigenvalue weighted by atomic mass is 32.2. The zero-order valence-corrected chi connectivity index (χ0v) is 13.4. The monoisotopic (exact) mass is 302 g/mol. The number of hydrogen-bond acceptors (Lipinski definition) is 4. The number of carbonyl (C=O) groups excluding carboxylic acids is 1. The second-order valence-electron chi connectivity index (χ2n) is 5.13. The second-order valence-corrected chi connectivity index (χ2v) is 6.46. The molecule has 110 valence electrons. The molecule has 4 nitrogen and oxygen atoms in total. The molecule has 0 fully saturated rings. The molecule has 1 heterocycles. The van der Waals surface area contributed by atoms with Gasteiger partial charge in [-0.15, -0.1) is 0 Å². The van der Waals surface area contributed by atoms with Gasteiger partial charge in [0.25, 0.3) is 5.56 Å². The Hall–Kier alpha value is -1.88. The fraction of sp³-hybridized carbons (Fsp3) is 0.312. The summed E-state index contributed by atoms with van der Waals surface area (Å²) in [5, 5.41) is 0.168. The number of ketones is 1. The molecule has 0 amide bonds. The molecule has 0 saturated heterocycles. The van der Waals surface area contributed by atoms with Gasteiger partial charge >= 0.3 is 0 Å². The predicted molar refractivity (Wildman–Crippen MR) is 85.2 cm³/mol. The summed E-state index contributed by atoms with van der Waals surface area (Å²) in [6.45, 7) is 7.48. The quantitative estimate of drug-likeness (QED) is 0.535. The van der Waals surface area contributed by atoms with Gasteiger partial charge in [0.05, 0.1) is 5.25 Å². The van der Waals surface area contributed by atoms with E-state index in [1.165, 1.54) is 17.8 Å². The third kappa shape index (κ3) is 3.82. The standard InChI is InChI=1S/C16H18N2O2S/c1-9-5-6-10(2)13(7-9)15(20)12(4)21-16-17-11(3)8-14(19)18-16/h5-8,12H,1-4H3,(H,17,18,19). The molecule has 21 heavy (non-hydrogen) atoms. The summed E-state index contributed by atoms with van der Waals surface area (Å²) in [5.74, 6) is 0.0466. The lowest BCUT2D eigenvalue weighted by Gasteiger charge is -2.12. The third-order valence-electron chi connectivity index (χ3n) is 3.16. The van der Waals surface area contributed by atoms with Gasteiger partial charge in [0, 0.05) is 17.3 Å². The molecule has 1 aromatic carbocycles. The number of rotatable bonds is 4. The van der Waals surface area contributed by atoms with Gasteiger partial charge in [0.2, 0.25) is 0 Å². The van der Waals surface area contributed by atoms with E-state index in [4.69, 9.17) is 0 Å². The fourth-order valence-electron chi connectivity index (χ4n) is 2.05. The number of carbonyl (C=O) groups is 1. The van der Waals surface area contributed by atoms with Crippen LogP contribution < -0.4 is 5.56 Å². The summed E-state index contributed by atoms with van der Waals surface area (Å²) < 4.78 is 0. The van der Waals surface area contributed by atoms with Crippen molar-refractivity contribution in [2.75, 3.05) is 0 Å². The molecule has 0 spiro atoms. The van der Waals surface area contributed by atoms with Crippen LogP contribution in [-0.2, 0) is 0 Å². The number of aryl methyl sites for hydroxylation is 3. The Kier molecular flexibility index (Phi) is 4.63. The highest BCUT2D eigenvalue weighted by Crippen LogP contribution is 2.23. The molecular weight excluding hydrogens is 284 g/mol. The molecule has 2 rings (SSSR count). The van der Waals surface area contributed by atoms with Crippen molar-refractivity contribution in [1.29, 1.82) is 0 Å². The number of thioether (sulfide) groups is 1. The first-order chi connectivity index (χ1) is 9.86. The minimum absolute atomic E-state index is 0.0466. The first-order valence-corrected chi connectivity index (χ1v) is 7.61. The lowest BCUT2D eigenvalue weighted by Crippen LogP contribution is -2.17. The maximum Gasteiger partial charge on any atom is 0.251 e. The van der Waals surface area contributed by atoms with Crippen LogP contribution >= 0.6 is 11.8 Å². The summed E-state index contributed by atoms with van der Waals surface area (Å²) in [7, 11) is 0. The van der Waals surface area contributed by atoms with Gasteiger partial charge in [-0.1, -0.05) is 29.5 Å². The maximum absolute atomic E-state index is 12.6. The number of nitrogens with zero attached hydrogens (tertiary/aromatic N) is 1. The first kappa shape index (κ1) is 15.5. The van der Waals surface area contributed by atoms with E-state index in [1.807, 2.05) is 39.0 Å². The van der Waals surface area contributed by atoms with Crippen LogP contribution in [-0.4, -0.2) is 21.0 Å². The maximum atomic E-state index is 12.6. The third-order valence-corrected chi connectivity index (χ3v) is 4.15. The molecule has 2 aromatic rings. The van der Waals surface area contributed by atoms with E-state index >= 15 is 0 Å². The topological polar surface area (TPSA) is 62.8 Å². The van der Waals surface area contributed by atoms with Gasteiger partial charge in [-0.2, -0.15) is 0 Å². The molecule has 1 aromatic heterocycles. The van der Waals surface area contributed by atoms with Crippen LogP contribution in [0.1, 0.15) is 34.1 Å². The number of H-pyrrole nitrogens is 1. The van der Waals surface area contributed by atoms with Gasteiger partial charge in [-0.05, 0) is 39.3 Å². The van der Waals surface area contributed by atoms with Crippen LogP contribution in [0.3, 0.4) is 0 Å². The van der Waals surface area contributed by atoms with Crippen molar-refractivity contribution in [2.24, 2.45) is 0 Å². The van der Waals surface area contributed by atoms with Crippen LogP contribution in [0, 0.1) is 20.8 Å². The average Bonchev–Trinajstić information content (AvgIpc) is 2.39. The van der Waals surface area contributed by atoms with Gasteiger partial charge in [0.1, 0.15) is 0 Å². The summed E-state index contributed by atoms with van der Waals surface area (Å²) in [4.78, 5) is 30.9. The molecule has 0 aliphatic carbocycles. The molecule has 1 atom stereocenters. The Balaban J connectivity index is 2.23. The van der Waals surface area contributed by atoms with E-state index < -0.39 is 0 Å². The number of nitrogens with one attached hydrogen (secondary N) is 1. The minimum Gasteiger partial charge on any atom is -0.301 e. The zero-order valence-electron chi connectivity index (χ0n) is 12.6. The van der Waals surface area contributed by atoms with Crippen molar-refractivity contribution in [3.8, 4) is 0 Å². The van der Waals surface area contributed by atoms with E-state index in [0.717, 1.165) is 16.7 Å². The molecule has 0 bridgehead atoms. The highest BCUT2D eigenvalue weighted by Gasteiger charge is 2.19. The zero-order chi connectivity index (χ0) is 15.6. The summed E-state index contributed by atoms with van der Waals surface area (Å²) in [6, 6.07) is 7.28. The second kappa shape index (κ2) is 6.26. The molecule has 5 heteroatoms. The summed E-state index contributed by atoms with van der Waals surface area (Å²) in [6.07, 6.45) is 0.